The van der Waals surface area contributed by atoms with Crippen LogP contribution < -0.4 is 0 Å². The van der Waals surface area contributed by atoms with Gasteiger partial charge >= 0.3 is 0 Å². The highest BCUT2D eigenvalue weighted by molar-refractivity contribution is 6.17. The molecule has 12 heteroatoms. The fraction of sp³-hybridized carbons (Fsp3) is 0.448. The molecule has 0 aromatic heterocycles. The van der Waals surface area contributed by atoms with Crippen molar-refractivity contribution in [1.82, 2.24) is 19.6 Å². The fourth-order valence-corrected chi connectivity index (χ4v) is 8.41. The Kier molecular flexibility index (Phi) is 5.44. The van der Waals surface area contributed by atoms with E-state index >= 15 is 0 Å². The molecule has 5 atom stereocenters. The summed E-state index contributed by atoms with van der Waals surface area (Å²) in [5.74, 6) is -6.71. The number of hydrogen-bond acceptors (Lipinski definition) is 8. The van der Waals surface area contributed by atoms with Gasteiger partial charge in [0.2, 0.25) is 0 Å². The van der Waals surface area contributed by atoms with Gasteiger partial charge < -0.3 is 0 Å². The third-order valence-electron chi connectivity index (χ3n) is 10.1. The Hall–Kier alpha value is -4.48. The molecule has 0 bridgehead atoms. The van der Waals surface area contributed by atoms with Gasteiger partial charge in [0.25, 0.3) is 47.3 Å². The molecule has 7 rings (SSSR count). The summed E-state index contributed by atoms with van der Waals surface area (Å²) >= 11 is 0. The summed E-state index contributed by atoms with van der Waals surface area (Å²) < 4.78 is 0. The summed E-state index contributed by atoms with van der Waals surface area (Å²) in [6.07, 6.45) is 13.8. The Labute approximate surface area is 233 Å². The number of carbonyl (C=O) groups excluding carboxylic acids is 8. The molecule has 4 aliphatic heterocycles. The SMILES string of the molecule is O=C1C=CC(=O)N1C1C(C2CCC3(CCC3)C2)C(N2C(=O)C=CC2=O)C(N2C(=O)C=CC2=O)C1N1C(=O)C=CC1=O. The van der Waals surface area contributed by atoms with Crippen LogP contribution in [0.1, 0.15) is 38.5 Å². The highest BCUT2D eigenvalue weighted by Crippen LogP contribution is 2.60. The first-order chi connectivity index (χ1) is 19.6. The largest absolute Gasteiger partial charge is 0.270 e. The Morgan fingerprint density at radius 2 is 0.780 bits per heavy atom. The summed E-state index contributed by atoms with van der Waals surface area (Å²) in [5.41, 5.74) is 0.0591. The Morgan fingerprint density at radius 1 is 0.463 bits per heavy atom. The first-order valence-electron chi connectivity index (χ1n) is 13.8. The van der Waals surface area contributed by atoms with E-state index in [4.69, 9.17) is 0 Å². The monoisotopic (exact) mass is 558 g/mol. The predicted molar refractivity (Wildman–Crippen MR) is 136 cm³/mol. The Bertz CT molecular complexity index is 1320. The number of nitrogens with zero attached hydrogens (tertiary/aromatic N) is 4. The quantitative estimate of drug-likeness (QED) is 0.420. The minimum Gasteiger partial charge on any atom is -0.270 e. The number of hydrogen-bond donors (Lipinski definition) is 0. The highest BCUT2D eigenvalue weighted by Gasteiger charge is 2.67. The van der Waals surface area contributed by atoms with E-state index in [-0.39, 0.29) is 11.3 Å². The molecule has 1 spiro atoms. The second-order valence-corrected chi connectivity index (χ2v) is 11.9. The minimum atomic E-state index is -1.39. The molecular weight excluding hydrogens is 532 g/mol. The fourth-order valence-electron chi connectivity index (χ4n) is 8.41. The summed E-state index contributed by atoms with van der Waals surface area (Å²) in [7, 11) is 0. The molecule has 0 saturated heterocycles. The van der Waals surface area contributed by atoms with Crippen LogP contribution in [0.2, 0.25) is 0 Å². The third-order valence-corrected chi connectivity index (χ3v) is 10.1. The van der Waals surface area contributed by atoms with Gasteiger partial charge in [-0.05, 0) is 43.4 Å². The van der Waals surface area contributed by atoms with Crippen molar-refractivity contribution in [3.8, 4) is 0 Å². The van der Waals surface area contributed by atoms with E-state index in [2.05, 4.69) is 0 Å². The summed E-state index contributed by atoms with van der Waals surface area (Å²) in [5, 5.41) is 0. The van der Waals surface area contributed by atoms with Crippen molar-refractivity contribution in [1.29, 1.82) is 0 Å². The van der Waals surface area contributed by atoms with Crippen molar-refractivity contribution < 1.29 is 38.4 Å². The van der Waals surface area contributed by atoms with Crippen LogP contribution >= 0.6 is 0 Å². The average Bonchev–Trinajstić information content (AvgIpc) is 3.74. The lowest BCUT2D eigenvalue weighted by Gasteiger charge is -2.42. The van der Waals surface area contributed by atoms with Crippen molar-refractivity contribution in [2.75, 3.05) is 0 Å². The van der Waals surface area contributed by atoms with E-state index < -0.39 is 77.3 Å². The minimum absolute atomic E-state index is 0.0591. The van der Waals surface area contributed by atoms with Gasteiger partial charge in [-0.1, -0.05) is 6.42 Å². The zero-order valence-corrected chi connectivity index (χ0v) is 21.9. The molecule has 210 valence electrons. The molecule has 8 amide bonds. The van der Waals surface area contributed by atoms with Crippen LogP contribution in [0.5, 0.6) is 0 Å². The molecule has 3 fully saturated rings. The van der Waals surface area contributed by atoms with E-state index in [1.54, 1.807) is 0 Å². The van der Waals surface area contributed by atoms with Crippen LogP contribution in [-0.4, -0.2) is 91.0 Å². The van der Waals surface area contributed by atoms with Gasteiger partial charge in [0.05, 0.1) is 24.2 Å². The van der Waals surface area contributed by atoms with Crippen LogP contribution in [0.25, 0.3) is 0 Å². The second-order valence-electron chi connectivity index (χ2n) is 11.9. The number of amides is 8. The van der Waals surface area contributed by atoms with Gasteiger partial charge in [-0.3, -0.25) is 58.0 Å². The molecule has 41 heavy (non-hydrogen) atoms. The van der Waals surface area contributed by atoms with Gasteiger partial charge in [0.1, 0.15) is 0 Å². The highest BCUT2D eigenvalue weighted by atomic mass is 16.2. The maximum Gasteiger partial charge on any atom is 0.254 e. The van der Waals surface area contributed by atoms with Crippen LogP contribution in [0.4, 0.5) is 0 Å². The van der Waals surface area contributed by atoms with Gasteiger partial charge in [-0.15, -0.1) is 0 Å². The number of carbonyl (C=O) groups is 8. The maximum atomic E-state index is 13.3. The molecule has 4 heterocycles. The zero-order valence-electron chi connectivity index (χ0n) is 21.9. The molecule has 5 unspecified atom stereocenters. The first kappa shape index (κ1) is 25.5. The first-order valence-corrected chi connectivity index (χ1v) is 13.8. The van der Waals surface area contributed by atoms with E-state index in [1.165, 1.54) is 0 Å². The van der Waals surface area contributed by atoms with Gasteiger partial charge in [-0.2, -0.15) is 0 Å². The second kappa shape index (κ2) is 8.76. The predicted octanol–water partition coefficient (Wildman–Crippen LogP) is -0.239. The molecular formula is C29H26N4O8. The van der Waals surface area contributed by atoms with Crippen molar-refractivity contribution in [3.05, 3.63) is 48.6 Å². The third kappa shape index (κ3) is 3.52. The van der Waals surface area contributed by atoms with Gasteiger partial charge in [-0.25, -0.2) is 0 Å². The lowest BCUT2D eigenvalue weighted by molar-refractivity contribution is -0.153. The van der Waals surface area contributed by atoms with Crippen molar-refractivity contribution in [2.45, 2.75) is 62.7 Å². The molecule has 3 aliphatic carbocycles. The lowest BCUT2D eigenvalue weighted by Crippen LogP contribution is -2.63. The van der Waals surface area contributed by atoms with Crippen LogP contribution in [-0.2, 0) is 38.4 Å². The van der Waals surface area contributed by atoms with E-state index in [9.17, 15) is 38.4 Å². The van der Waals surface area contributed by atoms with Crippen molar-refractivity contribution in [2.24, 2.45) is 17.3 Å². The van der Waals surface area contributed by atoms with Gasteiger partial charge in [0, 0.05) is 54.5 Å². The molecule has 3 saturated carbocycles. The smallest absolute Gasteiger partial charge is 0.254 e. The Balaban J connectivity index is 1.46. The van der Waals surface area contributed by atoms with Crippen molar-refractivity contribution in [3.63, 3.8) is 0 Å². The molecule has 0 N–H and O–H groups in total. The molecule has 12 nitrogen and oxygen atoms in total. The Morgan fingerprint density at radius 3 is 1.05 bits per heavy atom. The van der Waals surface area contributed by atoms with Crippen molar-refractivity contribution >= 4 is 47.3 Å². The lowest BCUT2D eigenvalue weighted by atomic mass is 9.66. The van der Waals surface area contributed by atoms with Crippen LogP contribution in [0.15, 0.2) is 48.6 Å². The maximum absolute atomic E-state index is 13.3. The average molecular weight is 559 g/mol. The summed E-state index contributed by atoms with van der Waals surface area (Å²) in [6.45, 7) is 0. The van der Waals surface area contributed by atoms with E-state index in [0.29, 0.717) is 12.8 Å². The van der Waals surface area contributed by atoms with E-state index in [0.717, 1.165) is 93.9 Å². The normalized spacial score (nSPS) is 35.7. The molecule has 0 radical (unpaired) electrons. The van der Waals surface area contributed by atoms with Crippen LogP contribution in [0, 0.1) is 17.3 Å². The van der Waals surface area contributed by atoms with E-state index in [1.807, 2.05) is 0 Å². The molecule has 0 aromatic rings. The summed E-state index contributed by atoms with van der Waals surface area (Å²) in [6, 6.07) is -5.18. The molecule has 0 aromatic carbocycles. The van der Waals surface area contributed by atoms with Gasteiger partial charge in [0.15, 0.2) is 0 Å². The number of rotatable bonds is 5. The standard InChI is InChI=1S/C29H26N4O8/c34-16-2-3-17(35)30(16)25-24(15-10-13-29(14-15)11-1-12-29)26(31-18(36)4-5-19(31)37)28(33-22(40)8-9-23(33)41)27(25)32-20(38)6-7-21(32)39/h2-9,15,24-28H,1,10-14H2. The zero-order chi connectivity index (χ0) is 28.8. The topological polar surface area (TPSA) is 150 Å². The number of imide groups is 4. The van der Waals surface area contributed by atoms with Crippen LogP contribution in [0.3, 0.4) is 0 Å². The summed E-state index contributed by atoms with van der Waals surface area (Å²) in [4.78, 5) is 110. The molecule has 7 aliphatic rings.